The van der Waals surface area contributed by atoms with Crippen molar-refractivity contribution in [3.05, 3.63) is 0 Å². The van der Waals surface area contributed by atoms with Gasteiger partial charge >= 0.3 is 0 Å². The van der Waals surface area contributed by atoms with E-state index in [1.54, 1.807) is 0 Å². The summed E-state index contributed by atoms with van der Waals surface area (Å²) in [6.07, 6.45) is 24.7. The van der Waals surface area contributed by atoms with E-state index >= 15 is 0 Å². The van der Waals surface area contributed by atoms with Crippen LogP contribution in [0.3, 0.4) is 0 Å². The fourth-order valence-electron chi connectivity index (χ4n) is 4.32. The van der Waals surface area contributed by atoms with Gasteiger partial charge in [0.25, 0.3) is 0 Å². The Morgan fingerprint density at radius 3 is 1.15 bits per heavy atom. The van der Waals surface area contributed by atoms with Crippen LogP contribution < -0.4 is 12.4 Å². The number of ether oxygens (including phenoxy) is 2. The molecule has 3 nitrogen and oxygen atoms in total. The highest BCUT2D eigenvalue weighted by Crippen LogP contribution is 2.14. The van der Waals surface area contributed by atoms with Crippen LogP contribution in [0.25, 0.3) is 0 Å². The zero-order chi connectivity index (χ0) is 24.3. The van der Waals surface area contributed by atoms with Gasteiger partial charge < -0.3 is 26.4 Å². The summed E-state index contributed by atoms with van der Waals surface area (Å²) in [7, 11) is 5.73. The zero-order valence-electron chi connectivity index (χ0n) is 24.1. The molecule has 0 amide bonds. The van der Waals surface area contributed by atoms with E-state index in [4.69, 9.17) is 9.47 Å². The number of unbranched alkanes of at least 4 members (excludes halogenated alkanes) is 15. The summed E-state index contributed by atoms with van der Waals surface area (Å²) < 4.78 is 11.5. The minimum Gasteiger partial charge on any atom is -1.00 e. The van der Waals surface area contributed by atoms with Crippen molar-refractivity contribution in [2.75, 3.05) is 40.4 Å². The molecular formula is C28H64ClNO2Si. The molecule has 0 spiro atoms. The van der Waals surface area contributed by atoms with Crippen LogP contribution in [0.4, 0.5) is 0 Å². The Balaban J connectivity index is -0.000000851. The van der Waals surface area contributed by atoms with Gasteiger partial charge in [-0.25, -0.2) is 0 Å². The second-order valence-electron chi connectivity index (χ2n) is 10.2. The first kappa shape index (κ1) is 37.9. The summed E-state index contributed by atoms with van der Waals surface area (Å²) in [5, 5.41) is 0. The van der Waals surface area contributed by atoms with Crippen LogP contribution in [-0.2, 0) is 9.47 Å². The average molecular weight is 510 g/mol. The molecule has 0 N–H and O–H groups in total. The van der Waals surface area contributed by atoms with Gasteiger partial charge in [-0.3, -0.25) is 0 Å². The van der Waals surface area contributed by atoms with Crippen LogP contribution in [0, 0.1) is 0 Å². The standard InChI is InChI=1S/C23H50N.C5H14O2Si.ClH/c1-5-7-8-9-10-11-12-13-14-15-16-17-18-19-20-21-23-24(3,4)22-6-2;1-3-6-5(8)7-4-2;/h5-23H2,1-4H3;5H,3-4H2,1-2,8H3;1H/q+1;;/p-1. The zero-order valence-corrected chi connectivity index (χ0v) is 26.8. The first-order valence-corrected chi connectivity index (χ1v) is 15.6. The maximum absolute atomic E-state index is 5.12. The number of hydrogen-bond acceptors (Lipinski definition) is 2. The molecule has 204 valence electrons. The lowest BCUT2D eigenvalue weighted by Gasteiger charge is -2.29. The second kappa shape index (κ2) is 30.4. The van der Waals surface area contributed by atoms with E-state index in [1.807, 2.05) is 13.8 Å². The summed E-state index contributed by atoms with van der Waals surface area (Å²) in [6.45, 7) is 12.8. The van der Waals surface area contributed by atoms with E-state index in [0.29, 0.717) is 0 Å². The van der Waals surface area contributed by atoms with Crippen molar-refractivity contribution in [1.29, 1.82) is 0 Å². The molecular weight excluding hydrogens is 446 g/mol. The molecule has 0 unspecified atom stereocenters. The molecule has 0 aromatic heterocycles. The van der Waals surface area contributed by atoms with Crippen molar-refractivity contribution in [3.8, 4) is 0 Å². The third kappa shape index (κ3) is 34.6. The normalized spacial score (nSPS) is 11.4. The Kier molecular flexibility index (Phi) is 35.0. The molecule has 0 atom stereocenters. The molecule has 5 heteroatoms. The third-order valence-electron chi connectivity index (χ3n) is 6.25. The number of halogens is 1. The number of nitrogens with zero attached hydrogens (tertiary/aromatic N) is 1. The van der Waals surface area contributed by atoms with Gasteiger partial charge in [0.05, 0.1) is 37.4 Å². The Labute approximate surface area is 219 Å². The van der Waals surface area contributed by atoms with E-state index in [-0.39, 0.29) is 18.3 Å². The van der Waals surface area contributed by atoms with E-state index in [1.165, 1.54) is 127 Å². The maximum atomic E-state index is 5.12. The highest BCUT2D eigenvalue weighted by Gasteiger charge is 2.11. The molecule has 0 saturated heterocycles. The number of quaternary nitrogens is 1. The van der Waals surface area contributed by atoms with E-state index in [2.05, 4.69) is 27.9 Å². The smallest absolute Gasteiger partial charge is 0.131 e. The summed E-state index contributed by atoms with van der Waals surface area (Å²) in [4.78, 5) is 0. The van der Waals surface area contributed by atoms with Gasteiger partial charge in [-0.15, -0.1) is 0 Å². The molecule has 0 radical (unpaired) electrons. The van der Waals surface area contributed by atoms with Crippen LogP contribution in [0.1, 0.15) is 137 Å². The van der Waals surface area contributed by atoms with Crippen molar-refractivity contribution < 1.29 is 26.4 Å². The lowest BCUT2D eigenvalue weighted by molar-refractivity contribution is -0.890. The van der Waals surface area contributed by atoms with E-state index in [9.17, 15) is 0 Å². The van der Waals surface area contributed by atoms with Gasteiger partial charge in [-0.05, 0) is 33.1 Å². The van der Waals surface area contributed by atoms with Crippen molar-refractivity contribution >= 4 is 10.2 Å². The first-order chi connectivity index (χ1) is 15.4. The summed E-state index contributed by atoms with van der Waals surface area (Å²) >= 11 is 0. The largest absolute Gasteiger partial charge is 1.00 e. The van der Waals surface area contributed by atoms with E-state index < -0.39 is 0 Å². The lowest BCUT2D eigenvalue weighted by atomic mass is 10.0. The molecule has 0 aromatic carbocycles. The predicted octanol–water partition coefficient (Wildman–Crippen LogP) is 4.45. The van der Waals surface area contributed by atoms with Gasteiger partial charge in [0.2, 0.25) is 0 Å². The molecule has 0 rings (SSSR count). The van der Waals surface area contributed by atoms with Crippen molar-refractivity contribution in [2.45, 2.75) is 143 Å². The molecule has 0 aliphatic rings. The molecule has 0 bridgehead atoms. The highest BCUT2D eigenvalue weighted by atomic mass is 35.5. The van der Waals surface area contributed by atoms with Gasteiger partial charge in [0.1, 0.15) is 5.91 Å². The van der Waals surface area contributed by atoms with Gasteiger partial charge in [0.15, 0.2) is 0 Å². The van der Waals surface area contributed by atoms with Crippen LogP contribution in [0.15, 0.2) is 0 Å². The Hall–Kier alpha value is 0.387. The first-order valence-electron chi connectivity index (χ1n) is 14.5. The van der Waals surface area contributed by atoms with Crippen LogP contribution in [-0.4, -0.2) is 61.0 Å². The Morgan fingerprint density at radius 2 is 0.848 bits per heavy atom. The minimum absolute atomic E-state index is 0. The summed E-state index contributed by atoms with van der Waals surface area (Å²) in [6, 6.07) is 0. The minimum atomic E-state index is 0. The predicted molar refractivity (Wildman–Crippen MR) is 149 cm³/mol. The molecule has 0 saturated carbocycles. The topological polar surface area (TPSA) is 18.5 Å². The van der Waals surface area contributed by atoms with Crippen molar-refractivity contribution in [3.63, 3.8) is 0 Å². The number of rotatable bonds is 23. The lowest BCUT2D eigenvalue weighted by Crippen LogP contribution is -3.00. The van der Waals surface area contributed by atoms with Gasteiger partial charge in [-0.1, -0.05) is 104 Å². The summed E-state index contributed by atoms with van der Waals surface area (Å²) in [5.41, 5.74) is 0. The fraction of sp³-hybridized carbons (Fsp3) is 1.00. The molecule has 33 heavy (non-hydrogen) atoms. The Morgan fingerprint density at radius 1 is 0.515 bits per heavy atom. The second-order valence-corrected chi connectivity index (χ2v) is 11.1. The monoisotopic (exact) mass is 509 g/mol. The van der Waals surface area contributed by atoms with Gasteiger partial charge in [-0.2, -0.15) is 0 Å². The molecule has 0 fully saturated rings. The summed E-state index contributed by atoms with van der Waals surface area (Å²) in [5.74, 6) is 0.102. The molecule has 0 aromatic rings. The fourth-order valence-corrected chi connectivity index (χ4v) is 4.99. The third-order valence-corrected chi connectivity index (χ3v) is 6.92. The molecule has 0 aliphatic carbocycles. The van der Waals surface area contributed by atoms with E-state index in [0.717, 1.165) is 23.5 Å². The van der Waals surface area contributed by atoms with Gasteiger partial charge in [0, 0.05) is 13.2 Å². The Bertz CT molecular complexity index is 340. The van der Waals surface area contributed by atoms with Crippen LogP contribution >= 0.6 is 0 Å². The van der Waals surface area contributed by atoms with Crippen molar-refractivity contribution in [1.82, 2.24) is 0 Å². The van der Waals surface area contributed by atoms with Crippen molar-refractivity contribution in [2.24, 2.45) is 0 Å². The van der Waals surface area contributed by atoms with Crippen LogP contribution in [0.2, 0.25) is 0 Å². The van der Waals surface area contributed by atoms with Crippen LogP contribution in [0.5, 0.6) is 0 Å². The number of hydrogen-bond donors (Lipinski definition) is 0. The molecule has 0 aliphatic heterocycles. The average Bonchev–Trinajstić information content (AvgIpc) is 2.74. The quantitative estimate of drug-likeness (QED) is 0.0876. The highest BCUT2D eigenvalue weighted by molar-refractivity contribution is 6.10. The molecule has 0 heterocycles. The SMILES string of the molecule is CCCCCCCCCCCCCCCCCC[N+](C)(C)CCC.CCOC([SiH3])OCC.[Cl-]. The maximum Gasteiger partial charge on any atom is 0.131 e.